The van der Waals surface area contributed by atoms with E-state index in [1.54, 1.807) is 32.2 Å². The third-order valence-corrected chi connectivity index (χ3v) is 7.06. The second-order valence-electron chi connectivity index (χ2n) is 9.31. The number of amides is 1. The quantitative estimate of drug-likeness (QED) is 0.267. The minimum absolute atomic E-state index is 0.145. The minimum Gasteiger partial charge on any atom is -0.496 e. The number of benzene rings is 2. The Morgan fingerprint density at radius 1 is 1.10 bits per heavy atom. The van der Waals surface area contributed by atoms with Crippen molar-refractivity contribution in [1.82, 2.24) is 24.4 Å². The predicted octanol–water partition coefficient (Wildman–Crippen LogP) is 3.25. The molecular weight excluding hydrogens is 571 g/mol. The first-order valence-electron chi connectivity index (χ1n) is 12.5. The Bertz CT molecular complexity index is 1730. The average Bonchev–Trinajstić information content (AvgIpc) is 2.95. The lowest BCUT2D eigenvalue weighted by molar-refractivity contribution is 0.102. The van der Waals surface area contributed by atoms with Crippen molar-refractivity contribution in [3.63, 3.8) is 0 Å². The molecular formula is C28H28Cl2N6O5. The van der Waals surface area contributed by atoms with Gasteiger partial charge in [0.05, 0.1) is 40.3 Å². The van der Waals surface area contributed by atoms with Crippen molar-refractivity contribution < 1.29 is 14.6 Å². The molecule has 2 aromatic carbocycles. The molecule has 0 saturated heterocycles. The van der Waals surface area contributed by atoms with Gasteiger partial charge >= 0.3 is 5.69 Å². The molecule has 0 aliphatic rings. The van der Waals surface area contributed by atoms with Crippen LogP contribution in [-0.2, 0) is 20.6 Å². The Hall–Kier alpha value is -4.03. The van der Waals surface area contributed by atoms with Crippen molar-refractivity contribution in [1.29, 1.82) is 0 Å². The van der Waals surface area contributed by atoms with Gasteiger partial charge in [-0.05, 0) is 19.1 Å². The molecule has 2 heterocycles. The lowest BCUT2D eigenvalue weighted by Crippen LogP contribution is -2.40. The van der Waals surface area contributed by atoms with Crippen LogP contribution in [0.5, 0.6) is 5.75 Å². The van der Waals surface area contributed by atoms with Crippen molar-refractivity contribution in [3.05, 3.63) is 90.9 Å². The molecule has 214 valence electrons. The Morgan fingerprint density at radius 3 is 2.54 bits per heavy atom. The highest BCUT2D eigenvalue weighted by Crippen LogP contribution is 2.40. The van der Waals surface area contributed by atoms with E-state index in [9.17, 15) is 19.5 Å². The Balaban J connectivity index is 1.67. The molecule has 4 aromatic rings. The first kappa shape index (κ1) is 29.9. The van der Waals surface area contributed by atoms with Crippen LogP contribution >= 0.6 is 23.2 Å². The zero-order valence-corrected chi connectivity index (χ0v) is 24.2. The molecule has 41 heavy (non-hydrogen) atoms. The molecule has 2 aromatic heterocycles. The highest BCUT2D eigenvalue weighted by Gasteiger charge is 2.20. The second-order valence-corrected chi connectivity index (χ2v) is 10.1. The van der Waals surface area contributed by atoms with Gasteiger partial charge in [0.2, 0.25) is 0 Å². The molecule has 1 atom stereocenters. The van der Waals surface area contributed by atoms with Crippen LogP contribution in [0, 0.1) is 0 Å². The molecule has 0 unspecified atom stereocenters. The fourth-order valence-corrected chi connectivity index (χ4v) is 4.75. The van der Waals surface area contributed by atoms with Crippen molar-refractivity contribution in [3.8, 4) is 28.3 Å². The van der Waals surface area contributed by atoms with Crippen molar-refractivity contribution >= 4 is 34.8 Å². The molecule has 13 heteroatoms. The summed E-state index contributed by atoms with van der Waals surface area (Å²) in [5.41, 5.74) is 1.48. The number of rotatable bonds is 9. The second kappa shape index (κ2) is 12.6. The summed E-state index contributed by atoms with van der Waals surface area (Å²) < 4.78 is 7.56. The zero-order valence-electron chi connectivity index (χ0n) is 22.7. The monoisotopic (exact) mass is 598 g/mol. The first-order valence-corrected chi connectivity index (χ1v) is 13.2. The van der Waals surface area contributed by atoms with Crippen LogP contribution in [0.3, 0.4) is 0 Å². The van der Waals surface area contributed by atoms with Gasteiger partial charge in [0, 0.05) is 50.1 Å². The van der Waals surface area contributed by atoms with Gasteiger partial charge in [-0.15, -0.1) is 0 Å². The summed E-state index contributed by atoms with van der Waals surface area (Å²) in [5.74, 6) is -0.117. The average molecular weight is 599 g/mol. The molecule has 0 radical (unpaired) electrons. The van der Waals surface area contributed by atoms with Gasteiger partial charge in [0.25, 0.3) is 11.5 Å². The highest BCUT2D eigenvalue weighted by molar-refractivity contribution is 6.39. The third kappa shape index (κ3) is 6.33. The van der Waals surface area contributed by atoms with E-state index in [1.807, 2.05) is 18.2 Å². The van der Waals surface area contributed by atoms with Gasteiger partial charge in [-0.3, -0.25) is 14.2 Å². The van der Waals surface area contributed by atoms with Crippen LogP contribution in [0.25, 0.3) is 22.5 Å². The number of carbonyl (C=O) groups excluding carboxylic acids is 1. The van der Waals surface area contributed by atoms with E-state index in [-0.39, 0.29) is 21.3 Å². The number of aliphatic hydroxyl groups is 1. The topological polar surface area (TPSA) is 140 Å². The molecule has 0 aliphatic carbocycles. The molecule has 0 saturated carbocycles. The summed E-state index contributed by atoms with van der Waals surface area (Å²) in [6.07, 6.45) is 2.06. The number of ether oxygens (including phenoxy) is 1. The number of hydrogen-bond acceptors (Lipinski definition) is 8. The number of aryl methyl sites for hydroxylation is 1. The summed E-state index contributed by atoms with van der Waals surface area (Å²) in [6, 6.07) is 10.5. The van der Waals surface area contributed by atoms with Crippen LogP contribution < -0.4 is 26.6 Å². The molecule has 4 rings (SSSR count). The summed E-state index contributed by atoms with van der Waals surface area (Å²) in [5, 5.41) is 15.7. The van der Waals surface area contributed by atoms with E-state index < -0.39 is 23.3 Å². The van der Waals surface area contributed by atoms with Gasteiger partial charge in [-0.1, -0.05) is 47.5 Å². The Morgan fingerprint density at radius 2 is 1.83 bits per heavy atom. The number of aromatic nitrogens is 4. The Kier molecular flexibility index (Phi) is 9.24. The van der Waals surface area contributed by atoms with Crippen molar-refractivity contribution in [2.75, 3.05) is 19.0 Å². The fraction of sp³-hybridized carbons (Fsp3) is 0.250. The molecule has 0 bridgehead atoms. The van der Waals surface area contributed by atoms with Gasteiger partial charge < -0.3 is 25.0 Å². The zero-order chi connectivity index (χ0) is 29.8. The molecule has 0 aliphatic heterocycles. The number of carbonyl (C=O) groups is 1. The molecule has 1 amide bonds. The summed E-state index contributed by atoms with van der Waals surface area (Å²) in [6.45, 7) is 2.64. The van der Waals surface area contributed by atoms with Crippen molar-refractivity contribution in [2.45, 2.75) is 19.6 Å². The summed E-state index contributed by atoms with van der Waals surface area (Å²) in [7, 11) is 4.30. The molecule has 3 N–H and O–H groups in total. The summed E-state index contributed by atoms with van der Waals surface area (Å²) >= 11 is 13.5. The number of methoxy groups -OCH3 is 1. The number of anilines is 1. The van der Waals surface area contributed by atoms with Crippen LogP contribution in [-0.4, -0.2) is 49.9 Å². The lowest BCUT2D eigenvalue weighted by Gasteiger charge is -2.15. The van der Waals surface area contributed by atoms with E-state index in [4.69, 9.17) is 27.9 Å². The van der Waals surface area contributed by atoms with Crippen LogP contribution in [0.4, 0.5) is 5.69 Å². The molecule has 0 fully saturated rings. The highest BCUT2D eigenvalue weighted by atomic mass is 35.5. The largest absolute Gasteiger partial charge is 0.496 e. The SMILES string of the molecule is COc1cc(-c2ncnc(-c3cccc(NC(=O)c4cn(C)c(=O)n(C)c4=O)c3Cl)c2Cl)ccc1CNC[C@@H](C)O. The standard InChI is InChI=1S/C28H28Cl2N6O5/c1-15(37)11-31-12-17-9-8-16(10-21(17)41-4)24-23(30)25(33-14-32-24)18-6-5-7-20(22(18)29)34-26(38)19-13-35(2)28(40)36(3)27(19)39/h5-10,13-15,31,37H,11-12H2,1-4H3,(H,34,38)/t15-/m1/s1. The van der Waals surface area contributed by atoms with Gasteiger partial charge in [0.15, 0.2) is 0 Å². The maximum Gasteiger partial charge on any atom is 0.330 e. The van der Waals surface area contributed by atoms with E-state index >= 15 is 0 Å². The normalized spacial score (nSPS) is 11.8. The van der Waals surface area contributed by atoms with Gasteiger partial charge in [-0.25, -0.2) is 14.8 Å². The van der Waals surface area contributed by atoms with Crippen LogP contribution in [0.2, 0.25) is 10.0 Å². The molecule has 11 nitrogen and oxygen atoms in total. The van der Waals surface area contributed by atoms with E-state index in [0.717, 1.165) is 14.7 Å². The van der Waals surface area contributed by atoms with Gasteiger partial charge in [-0.2, -0.15) is 0 Å². The van der Waals surface area contributed by atoms with Gasteiger partial charge in [0.1, 0.15) is 17.6 Å². The number of nitrogens with zero attached hydrogens (tertiary/aromatic N) is 4. The Labute approximate surface area is 245 Å². The van der Waals surface area contributed by atoms with Crippen molar-refractivity contribution in [2.24, 2.45) is 14.1 Å². The lowest BCUT2D eigenvalue weighted by atomic mass is 10.0. The smallest absolute Gasteiger partial charge is 0.330 e. The van der Waals surface area contributed by atoms with Crippen LogP contribution in [0.1, 0.15) is 22.8 Å². The predicted molar refractivity (Wildman–Crippen MR) is 158 cm³/mol. The third-order valence-electron chi connectivity index (χ3n) is 6.30. The molecule has 0 spiro atoms. The number of nitrogens with one attached hydrogen (secondary N) is 2. The number of halogens is 2. The van der Waals surface area contributed by atoms with E-state index in [1.165, 1.54) is 26.6 Å². The summed E-state index contributed by atoms with van der Waals surface area (Å²) in [4.78, 5) is 46.2. The first-order chi connectivity index (χ1) is 19.5. The fourth-order valence-electron chi connectivity index (χ4n) is 4.18. The number of aliphatic hydroxyl groups excluding tert-OH is 1. The maximum atomic E-state index is 13.0. The van der Waals surface area contributed by atoms with E-state index in [0.29, 0.717) is 41.4 Å². The minimum atomic E-state index is -0.735. The maximum absolute atomic E-state index is 13.0. The number of hydrogen-bond donors (Lipinski definition) is 3. The van der Waals surface area contributed by atoms with E-state index in [2.05, 4.69) is 20.6 Å². The van der Waals surface area contributed by atoms with Crippen LogP contribution in [0.15, 0.2) is 58.5 Å².